The molecule has 0 aliphatic rings. The molecule has 9 heteroatoms. The predicted octanol–water partition coefficient (Wildman–Crippen LogP) is 4.34. The quantitative estimate of drug-likeness (QED) is 0.318. The zero-order chi connectivity index (χ0) is 18.9. The number of rotatable bonds is 5. The van der Waals surface area contributed by atoms with E-state index in [9.17, 15) is 0 Å². The number of hydrogen-bond acceptors (Lipinski definition) is 5. The fraction of sp³-hybridized carbons (Fsp3) is 0.0526. The van der Waals surface area contributed by atoms with Crippen molar-refractivity contribution in [1.82, 2.24) is 29.5 Å². The van der Waals surface area contributed by atoms with Crippen LogP contribution in [0.25, 0.3) is 16.7 Å². The number of aromatic amines is 1. The van der Waals surface area contributed by atoms with Gasteiger partial charge < -0.3 is 4.98 Å². The molecule has 7 nitrogen and oxygen atoms in total. The van der Waals surface area contributed by atoms with Gasteiger partial charge in [-0.25, -0.2) is 0 Å². The molecular weight excluding hydrogens is 438 g/mol. The van der Waals surface area contributed by atoms with Gasteiger partial charge in [-0.15, -0.1) is 10.2 Å². The molecule has 0 spiro atoms. The SMILES string of the molecule is Brc1cccc(CSc2nnc3n(N=Cc4c[nH]c5ccccc45)cnn23)c1. The van der Waals surface area contributed by atoms with E-state index in [2.05, 4.69) is 59.5 Å². The van der Waals surface area contributed by atoms with Gasteiger partial charge in [0.25, 0.3) is 5.78 Å². The molecular formula is C19H14BrN7S. The van der Waals surface area contributed by atoms with Crippen LogP contribution in [-0.4, -0.2) is 35.7 Å². The van der Waals surface area contributed by atoms with E-state index in [0.717, 1.165) is 31.8 Å². The molecule has 2 aromatic carbocycles. The van der Waals surface area contributed by atoms with Crippen LogP contribution in [0.1, 0.15) is 11.1 Å². The lowest BCUT2D eigenvalue weighted by atomic mass is 10.2. The molecule has 0 radical (unpaired) electrons. The first-order valence-corrected chi connectivity index (χ1v) is 10.3. The van der Waals surface area contributed by atoms with Crippen molar-refractivity contribution in [3.8, 4) is 0 Å². The highest BCUT2D eigenvalue weighted by Gasteiger charge is 2.12. The Balaban J connectivity index is 1.38. The van der Waals surface area contributed by atoms with Gasteiger partial charge in [-0.2, -0.15) is 19.4 Å². The van der Waals surface area contributed by atoms with E-state index >= 15 is 0 Å². The minimum Gasteiger partial charge on any atom is -0.361 e. The van der Waals surface area contributed by atoms with Crippen LogP contribution in [0.2, 0.25) is 0 Å². The van der Waals surface area contributed by atoms with E-state index in [0.29, 0.717) is 5.78 Å². The lowest BCUT2D eigenvalue weighted by Crippen LogP contribution is -1.90. The van der Waals surface area contributed by atoms with Crippen LogP contribution in [0.5, 0.6) is 0 Å². The zero-order valence-electron chi connectivity index (χ0n) is 14.5. The lowest BCUT2D eigenvalue weighted by Gasteiger charge is -1.99. The number of benzene rings is 2. The third kappa shape index (κ3) is 3.23. The second-order valence-corrected chi connectivity index (χ2v) is 7.98. The third-order valence-corrected chi connectivity index (χ3v) is 5.76. The molecule has 0 fully saturated rings. The summed E-state index contributed by atoms with van der Waals surface area (Å²) >= 11 is 5.08. The van der Waals surface area contributed by atoms with Crippen LogP contribution in [-0.2, 0) is 5.75 Å². The summed E-state index contributed by atoms with van der Waals surface area (Å²) in [6.45, 7) is 0. The fourth-order valence-electron chi connectivity index (χ4n) is 2.93. The summed E-state index contributed by atoms with van der Waals surface area (Å²) < 4.78 is 4.39. The van der Waals surface area contributed by atoms with E-state index in [-0.39, 0.29) is 0 Å². The molecule has 0 saturated heterocycles. The van der Waals surface area contributed by atoms with Gasteiger partial charge in [-0.1, -0.05) is 58.0 Å². The Kier molecular flexibility index (Phi) is 4.46. The van der Waals surface area contributed by atoms with E-state index in [1.54, 1.807) is 33.5 Å². The van der Waals surface area contributed by atoms with E-state index in [1.807, 2.05) is 36.5 Å². The molecule has 0 saturated carbocycles. The van der Waals surface area contributed by atoms with Crippen LogP contribution < -0.4 is 0 Å². The highest BCUT2D eigenvalue weighted by molar-refractivity contribution is 9.10. The number of thioether (sulfide) groups is 1. The summed E-state index contributed by atoms with van der Waals surface area (Å²) in [4.78, 5) is 3.24. The first-order valence-electron chi connectivity index (χ1n) is 8.54. The second-order valence-electron chi connectivity index (χ2n) is 6.12. The summed E-state index contributed by atoms with van der Waals surface area (Å²) in [5.74, 6) is 1.36. The van der Waals surface area contributed by atoms with Crippen molar-refractivity contribution in [3.63, 3.8) is 0 Å². The highest BCUT2D eigenvalue weighted by Crippen LogP contribution is 2.23. The second kappa shape index (κ2) is 7.25. The third-order valence-electron chi connectivity index (χ3n) is 4.28. The molecule has 0 amide bonds. The maximum Gasteiger partial charge on any atom is 0.275 e. The molecule has 0 atom stereocenters. The Labute approximate surface area is 172 Å². The molecule has 28 heavy (non-hydrogen) atoms. The molecule has 5 rings (SSSR count). The van der Waals surface area contributed by atoms with Crippen molar-refractivity contribution in [2.75, 3.05) is 0 Å². The molecule has 5 aromatic rings. The maximum atomic E-state index is 4.50. The number of nitrogens with one attached hydrogen (secondary N) is 1. The standard InChI is InChI=1S/C19H14BrN7S/c20-15-5-3-4-13(8-15)11-28-19-25-24-18-26(12-23-27(18)19)22-10-14-9-21-17-7-2-1-6-16(14)17/h1-10,12,21H,11H2. The average molecular weight is 452 g/mol. The minimum absolute atomic E-state index is 0.577. The molecule has 0 aliphatic carbocycles. The topological polar surface area (TPSA) is 76.2 Å². The largest absolute Gasteiger partial charge is 0.361 e. The van der Waals surface area contributed by atoms with Crippen molar-refractivity contribution >= 4 is 50.6 Å². The average Bonchev–Trinajstić information content (AvgIpc) is 3.41. The van der Waals surface area contributed by atoms with Crippen LogP contribution in [0.4, 0.5) is 0 Å². The summed E-state index contributed by atoms with van der Waals surface area (Å²) in [7, 11) is 0. The van der Waals surface area contributed by atoms with E-state index in [4.69, 9.17) is 0 Å². The number of nitrogens with zero attached hydrogens (tertiary/aromatic N) is 6. The molecule has 138 valence electrons. The first-order chi connectivity index (χ1) is 13.8. The number of halogens is 1. The van der Waals surface area contributed by atoms with Gasteiger partial charge in [-0.05, 0) is 23.8 Å². The number of fused-ring (bicyclic) bond motifs is 2. The number of H-pyrrole nitrogens is 1. The fourth-order valence-corrected chi connectivity index (χ4v) is 4.20. The van der Waals surface area contributed by atoms with Gasteiger partial charge in [0, 0.05) is 32.9 Å². The number of hydrogen-bond donors (Lipinski definition) is 1. The lowest BCUT2D eigenvalue weighted by molar-refractivity contribution is 0.815. The molecule has 0 unspecified atom stereocenters. The minimum atomic E-state index is 0.577. The highest BCUT2D eigenvalue weighted by atomic mass is 79.9. The molecule has 3 heterocycles. The Morgan fingerprint density at radius 1 is 1.14 bits per heavy atom. The summed E-state index contributed by atoms with van der Waals surface area (Å²) in [5.41, 5.74) is 3.28. The first kappa shape index (κ1) is 17.2. The van der Waals surface area contributed by atoms with Crippen molar-refractivity contribution in [2.24, 2.45) is 5.10 Å². The van der Waals surface area contributed by atoms with Gasteiger partial charge in [0.2, 0.25) is 5.16 Å². The predicted molar refractivity (Wildman–Crippen MR) is 114 cm³/mol. The molecule has 3 aromatic heterocycles. The Hall–Kier alpha value is -2.91. The zero-order valence-corrected chi connectivity index (χ0v) is 16.9. The summed E-state index contributed by atoms with van der Waals surface area (Å²) in [5, 5.41) is 19.2. The number of para-hydroxylation sites is 1. The molecule has 1 N–H and O–H groups in total. The normalized spacial score (nSPS) is 11.9. The summed E-state index contributed by atoms with van der Waals surface area (Å²) in [6, 6.07) is 16.3. The monoisotopic (exact) mass is 451 g/mol. The van der Waals surface area contributed by atoms with E-state index in [1.165, 1.54) is 5.56 Å². The van der Waals surface area contributed by atoms with Crippen molar-refractivity contribution in [1.29, 1.82) is 0 Å². The van der Waals surface area contributed by atoms with E-state index < -0.39 is 0 Å². The Morgan fingerprint density at radius 2 is 2.07 bits per heavy atom. The van der Waals surface area contributed by atoms with Crippen LogP contribution >= 0.6 is 27.7 Å². The molecule has 0 bridgehead atoms. The van der Waals surface area contributed by atoms with Gasteiger partial charge in [-0.3, -0.25) is 0 Å². The Morgan fingerprint density at radius 3 is 3.00 bits per heavy atom. The van der Waals surface area contributed by atoms with Crippen molar-refractivity contribution < 1.29 is 0 Å². The van der Waals surface area contributed by atoms with Crippen molar-refractivity contribution in [2.45, 2.75) is 10.9 Å². The van der Waals surface area contributed by atoms with Crippen LogP contribution in [0.3, 0.4) is 0 Å². The Bertz CT molecular complexity index is 1300. The van der Waals surface area contributed by atoms with Gasteiger partial charge in [0.15, 0.2) is 0 Å². The molecule has 0 aliphatic heterocycles. The smallest absolute Gasteiger partial charge is 0.275 e. The maximum absolute atomic E-state index is 4.50. The number of aromatic nitrogens is 6. The van der Waals surface area contributed by atoms with Gasteiger partial charge in [0.05, 0.1) is 6.21 Å². The summed E-state index contributed by atoms with van der Waals surface area (Å²) in [6.07, 6.45) is 5.37. The van der Waals surface area contributed by atoms with Gasteiger partial charge >= 0.3 is 0 Å². The van der Waals surface area contributed by atoms with Crippen molar-refractivity contribution in [3.05, 3.63) is 76.7 Å². The van der Waals surface area contributed by atoms with Gasteiger partial charge in [0.1, 0.15) is 6.33 Å². The van der Waals surface area contributed by atoms with Crippen LogP contribution in [0.15, 0.2) is 75.8 Å². The van der Waals surface area contributed by atoms with Crippen LogP contribution in [0, 0.1) is 0 Å².